The minimum atomic E-state index is 0.362. The Kier molecular flexibility index (Phi) is 2.75. The summed E-state index contributed by atoms with van der Waals surface area (Å²) in [5.74, 6) is 0. The highest BCUT2D eigenvalue weighted by Crippen LogP contribution is 2.07. The lowest BCUT2D eigenvalue weighted by Gasteiger charge is -2.23. The standard InChI is InChI=1S/C8H15NO/c1-3-10-8-4-6-9(2)7-5-8/h4,6,8H,3,5,7H2,1-2H3. The first-order chi connectivity index (χ1) is 4.83. The quantitative estimate of drug-likeness (QED) is 0.573. The van der Waals surface area contributed by atoms with E-state index in [2.05, 4.69) is 24.2 Å². The van der Waals surface area contributed by atoms with E-state index in [1.54, 1.807) is 0 Å². The van der Waals surface area contributed by atoms with Gasteiger partial charge in [-0.15, -0.1) is 0 Å². The fourth-order valence-corrected chi connectivity index (χ4v) is 1.10. The van der Waals surface area contributed by atoms with Crippen molar-refractivity contribution in [3.63, 3.8) is 0 Å². The summed E-state index contributed by atoms with van der Waals surface area (Å²) < 4.78 is 5.42. The summed E-state index contributed by atoms with van der Waals surface area (Å²) in [7, 11) is 2.08. The van der Waals surface area contributed by atoms with Crippen molar-refractivity contribution in [3.8, 4) is 0 Å². The van der Waals surface area contributed by atoms with Gasteiger partial charge in [-0.3, -0.25) is 0 Å². The average Bonchev–Trinajstić information content (AvgIpc) is 1.95. The smallest absolute Gasteiger partial charge is 0.0789 e. The van der Waals surface area contributed by atoms with Crippen molar-refractivity contribution < 1.29 is 4.74 Å². The molecule has 58 valence electrons. The van der Waals surface area contributed by atoms with Crippen LogP contribution >= 0.6 is 0 Å². The van der Waals surface area contributed by atoms with E-state index in [-0.39, 0.29) is 0 Å². The monoisotopic (exact) mass is 141 g/mol. The van der Waals surface area contributed by atoms with Gasteiger partial charge in [0.1, 0.15) is 0 Å². The van der Waals surface area contributed by atoms with Crippen LogP contribution in [0.15, 0.2) is 12.3 Å². The van der Waals surface area contributed by atoms with Crippen molar-refractivity contribution >= 4 is 0 Å². The molecule has 0 aliphatic carbocycles. The van der Waals surface area contributed by atoms with Gasteiger partial charge in [0.25, 0.3) is 0 Å². The normalized spacial score (nSPS) is 25.4. The summed E-state index contributed by atoms with van der Waals surface area (Å²) in [6.07, 6.45) is 5.69. The van der Waals surface area contributed by atoms with E-state index in [1.807, 2.05) is 6.92 Å². The van der Waals surface area contributed by atoms with E-state index in [4.69, 9.17) is 4.74 Å². The molecule has 10 heavy (non-hydrogen) atoms. The molecule has 0 fully saturated rings. The molecule has 0 radical (unpaired) electrons. The van der Waals surface area contributed by atoms with Crippen LogP contribution in [0.3, 0.4) is 0 Å². The van der Waals surface area contributed by atoms with Gasteiger partial charge in [-0.2, -0.15) is 0 Å². The Balaban J connectivity index is 2.30. The fraction of sp³-hybridized carbons (Fsp3) is 0.750. The molecule has 0 amide bonds. The average molecular weight is 141 g/mol. The molecule has 0 aromatic heterocycles. The lowest BCUT2D eigenvalue weighted by Crippen LogP contribution is -2.25. The van der Waals surface area contributed by atoms with Gasteiger partial charge in [0.15, 0.2) is 0 Å². The van der Waals surface area contributed by atoms with E-state index in [9.17, 15) is 0 Å². The molecule has 0 saturated carbocycles. The third kappa shape index (κ3) is 2.03. The minimum absolute atomic E-state index is 0.362. The van der Waals surface area contributed by atoms with Gasteiger partial charge in [0, 0.05) is 20.2 Å². The van der Waals surface area contributed by atoms with Crippen molar-refractivity contribution in [1.29, 1.82) is 0 Å². The Morgan fingerprint density at radius 2 is 2.50 bits per heavy atom. The lowest BCUT2D eigenvalue weighted by molar-refractivity contribution is 0.0785. The molecular formula is C8H15NO. The summed E-state index contributed by atoms with van der Waals surface area (Å²) in [6, 6.07) is 0. The van der Waals surface area contributed by atoms with Crippen LogP contribution < -0.4 is 0 Å². The maximum Gasteiger partial charge on any atom is 0.0789 e. The predicted octanol–water partition coefficient (Wildman–Crippen LogP) is 1.24. The van der Waals surface area contributed by atoms with Gasteiger partial charge in [0.2, 0.25) is 0 Å². The number of rotatable bonds is 2. The first-order valence-corrected chi connectivity index (χ1v) is 3.83. The maximum atomic E-state index is 5.42. The van der Waals surface area contributed by atoms with Crippen LogP contribution in [0.2, 0.25) is 0 Å². The minimum Gasteiger partial charge on any atom is -0.380 e. The largest absolute Gasteiger partial charge is 0.380 e. The molecule has 1 aliphatic heterocycles. The highest BCUT2D eigenvalue weighted by molar-refractivity contribution is 4.93. The molecule has 2 heteroatoms. The van der Waals surface area contributed by atoms with Crippen molar-refractivity contribution in [2.24, 2.45) is 0 Å². The highest BCUT2D eigenvalue weighted by Gasteiger charge is 2.08. The molecular weight excluding hydrogens is 126 g/mol. The highest BCUT2D eigenvalue weighted by atomic mass is 16.5. The summed E-state index contributed by atoms with van der Waals surface area (Å²) in [5.41, 5.74) is 0. The van der Waals surface area contributed by atoms with Gasteiger partial charge in [-0.25, -0.2) is 0 Å². The Bertz CT molecular complexity index is 122. The topological polar surface area (TPSA) is 12.5 Å². The number of nitrogens with zero attached hydrogens (tertiary/aromatic N) is 1. The Labute approximate surface area is 62.5 Å². The maximum absolute atomic E-state index is 5.42. The van der Waals surface area contributed by atoms with Crippen molar-refractivity contribution in [3.05, 3.63) is 12.3 Å². The van der Waals surface area contributed by atoms with Gasteiger partial charge in [-0.05, 0) is 25.6 Å². The summed E-state index contributed by atoms with van der Waals surface area (Å²) >= 11 is 0. The molecule has 2 nitrogen and oxygen atoms in total. The zero-order chi connectivity index (χ0) is 7.40. The molecule has 0 spiro atoms. The van der Waals surface area contributed by atoms with E-state index in [0.717, 1.165) is 19.6 Å². The van der Waals surface area contributed by atoms with E-state index < -0.39 is 0 Å². The number of hydrogen-bond donors (Lipinski definition) is 0. The summed E-state index contributed by atoms with van der Waals surface area (Å²) in [4.78, 5) is 2.18. The third-order valence-electron chi connectivity index (χ3n) is 1.70. The Morgan fingerprint density at radius 3 is 3.00 bits per heavy atom. The first kappa shape index (κ1) is 7.61. The molecule has 0 saturated heterocycles. The van der Waals surface area contributed by atoms with Crippen LogP contribution in [0.1, 0.15) is 13.3 Å². The Hall–Kier alpha value is -0.500. The second-order valence-corrected chi connectivity index (χ2v) is 2.60. The predicted molar refractivity (Wildman–Crippen MR) is 41.8 cm³/mol. The van der Waals surface area contributed by atoms with Crippen LogP contribution in [0.4, 0.5) is 0 Å². The molecule has 0 N–H and O–H groups in total. The summed E-state index contributed by atoms with van der Waals surface area (Å²) in [6.45, 7) is 3.96. The fourth-order valence-electron chi connectivity index (χ4n) is 1.10. The molecule has 0 aromatic rings. The second-order valence-electron chi connectivity index (χ2n) is 2.60. The van der Waals surface area contributed by atoms with Crippen LogP contribution in [0.25, 0.3) is 0 Å². The van der Waals surface area contributed by atoms with Crippen LogP contribution in [-0.4, -0.2) is 31.2 Å². The molecule has 1 aliphatic rings. The van der Waals surface area contributed by atoms with Gasteiger partial charge >= 0.3 is 0 Å². The van der Waals surface area contributed by atoms with E-state index in [1.165, 1.54) is 0 Å². The van der Waals surface area contributed by atoms with Gasteiger partial charge in [0.05, 0.1) is 6.10 Å². The van der Waals surface area contributed by atoms with E-state index >= 15 is 0 Å². The molecule has 1 unspecified atom stereocenters. The van der Waals surface area contributed by atoms with Crippen molar-refractivity contribution in [2.75, 3.05) is 20.2 Å². The molecule has 1 rings (SSSR count). The first-order valence-electron chi connectivity index (χ1n) is 3.83. The zero-order valence-corrected chi connectivity index (χ0v) is 6.71. The van der Waals surface area contributed by atoms with E-state index in [0.29, 0.717) is 6.10 Å². The molecule has 0 aromatic carbocycles. The molecule has 0 bridgehead atoms. The number of ether oxygens (including phenoxy) is 1. The third-order valence-corrected chi connectivity index (χ3v) is 1.70. The SMILES string of the molecule is CCOC1C=CN(C)CC1. The molecule has 1 heterocycles. The van der Waals surface area contributed by atoms with Crippen LogP contribution in [0, 0.1) is 0 Å². The van der Waals surface area contributed by atoms with Gasteiger partial charge < -0.3 is 9.64 Å². The summed E-state index contributed by atoms with van der Waals surface area (Å²) in [5, 5.41) is 0. The van der Waals surface area contributed by atoms with Crippen molar-refractivity contribution in [1.82, 2.24) is 4.90 Å². The molecule has 1 atom stereocenters. The van der Waals surface area contributed by atoms with Crippen LogP contribution in [0.5, 0.6) is 0 Å². The second kappa shape index (κ2) is 3.62. The Morgan fingerprint density at radius 1 is 1.70 bits per heavy atom. The van der Waals surface area contributed by atoms with Gasteiger partial charge in [-0.1, -0.05) is 0 Å². The van der Waals surface area contributed by atoms with Crippen LogP contribution in [-0.2, 0) is 4.74 Å². The lowest BCUT2D eigenvalue weighted by atomic mass is 10.2. The number of hydrogen-bond acceptors (Lipinski definition) is 2. The van der Waals surface area contributed by atoms with Crippen molar-refractivity contribution in [2.45, 2.75) is 19.4 Å². The zero-order valence-electron chi connectivity index (χ0n) is 6.71.